The second-order valence-corrected chi connectivity index (χ2v) is 4.94. The molecule has 1 aromatic heterocycles. The number of aryl methyl sites for hydroxylation is 1. The summed E-state index contributed by atoms with van der Waals surface area (Å²) in [6.07, 6.45) is 6.28. The summed E-state index contributed by atoms with van der Waals surface area (Å²) in [6.45, 7) is 3.76. The minimum absolute atomic E-state index is 0.0495. The smallest absolute Gasteiger partial charge is 0.226 e. The molecule has 5 nitrogen and oxygen atoms in total. The van der Waals surface area contributed by atoms with Crippen molar-refractivity contribution in [2.45, 2.75) is 51.6 Å². The highest BCUT2D eigenvalue weighted by atomic mass is 16.5. The van der Waals surface area contributed by atoms with Crippen LogP contribution in [0, 0.1) is 5.92 Å². The molecule has 2 unspecified atom stereocenters. The van der Waals surface area contributed by atoms with Crippen LogP contribution in [0.1, 0.15) is 56.8 Å². The van der Waals surface area contributed by atoms with Gasteiger partial charge in [0.25, 0.3) is 0 Å². The Labute approximate surface area is 108 Å². The van der Waals surface area contributed by atoms with Gasteiger partial charge in [-0.3, -0.25) is 0 Å². The van der Waals surface area contributed by atoms with Gasteiger partial charge in [-0.1, -0.05) is 18.5 Å². The molecule has 0 aromatic carbocycles. The lowest BCUT2D eigenvalue weighted by molar-refractivity contribution is 0.103. The summed E-state index contributed by atoms with van der Waals surface area (Å²) in [5, 5.41) is 4.01. The third kappa shape index (κ3) is 3.53. The summed E-state index contributed by atoms with van der Waals surface area (Å²) < 4.78 is 10.8. The molecule has 102 valence electrons. The molecule has 2 N–H and O–H groups in total. The van der Waals surface area contributed by atoms with Crippen LogP contribution in [0.4, 0.5) is 0 Å². The maximum absolute atomic E-state index is 5.59. The van der Waals surface area contributed by atoms with Crippen molar-refractivity contribution in [3.63, 3.8) is 0 Å². The lowest BCUT2D eigenvalue weighted by Crippen LogP contribution is -2.09. The number of ether oxygens (including phenoxy) is 1. The summed E-state index contributed by atoms with van der Waals surface area (Å²) in [6, 6.07) is 0. The van der Waals surface area contributed by atoms with Crippen LogP contribution in [0.2, 0.25) is 0 Å². The van der Waals surface area contributed by atoms with E-state index < -0.39 is 0 Å². The number of aromatic nitrogens is 2. The third-order valence-corrected chi connectivity index (χ3v) is 3.62. The number of hydrogen-bond donors (Lipinski definition) is 1. The van der Waals surface area contributed by atoms with Crippen molar-refractivity contribution in [1.29, 1.82) is 0 Å². The van der Waals surface area contributed by atoms with Crippen LogP contribution in [0.3, 0.4) is 0 Å². The van der Waals surface area contributed by atoms with E-state index in [9.17, 15) is 0 Å². The molecule has 1 aliphatic heterocycles. The van der Waals surface area contributed by atoms with E-state index in [1.54, 1.807) is 0 Å². The standard InChI is InChI=1S/C13H23N3O2/c1-2-10(7-8-14)5-6-12-15-13(16-18-12)11-4-3-9-17-11/h10-11H,2-9,14H2,1H3. The average Bonchev–Trinajstić information content (AvgIpc) is 3.04. The summed E-state index contributed by atoms with van der Waals surface area (Å²) in [4.78, 5) is 4.42. The Balaban J connectivity index is 1.82. The molecule has 0 saturated carbocycles. The Bertz CT molecular complexity index is 348. The highest BCUT2D eigenvalue weighted by Gasteiger charge is 2.23. The van der Waals surface area contributed by atoms with Crippen LogP contribution in [0.25, 0.3) is 0 Å². The summed E-state index contributed by atoms with van der Waals surface area (Å²) in [5.74, 6) is 2.11. The van der Waals surface area contributed by atoms with Crippen molar-refractivity contribution >= 4 is 0 Å². The van der Waals surface area contributed by atoms with Gasteiger partial charge in [0, 0.05) is 13.0 Å². The molecule has 2 atom stereocenters. The van der Waals surface area contributed by atoms with Crippen LogP contribution in [-0.2, 0) is 11.2 Å². The zero-order valence-electron chi connectivity index (χ0n) is 11.1. The fourth-order valence-electron chi connectivity index (χ4n) is 2.40. The Morgan fingerprint density at radius 2 is 2.33 bits per heavy atom. The molecule has 0 aliphatic carbocycles. The van der Waals surface area contributed by atoms with E-state index >= 15 is 0 Å². The fourth-order valence-corrected chi connectivity index (χ4v) is 2.40. The molecular weight excluding hydrogens is 230 g/mol. The van der Waals surface area contributed by atoms with E-state index in [1.165, 1.54) is 0 Å². The summed E-state index contributed by atoms with van der Waals surface area (Å²) >= 11 is 0. The Morgan fingerprint density at radius 1 is 1.44 bits per heavy atom. The number of nitrogens with zero attached hydrogens (tertiary/aromatic N) is 2. The SMILES string of the molecule is CCC(CCN)CCc1nc(C2CCCO2)no1. The van der Waals surface area contributed by atoms with Crippen molar-refractivity contribution in [2.75, 3.05) is 13.2 Å². The van der Waals surface area contributed by atoms with Crippen molar-refractivity contribution in [3.8, 4) is 0 Å². The largest absolute Gasteiger partial charge is 0.370 e. The Kier molecular flexibility index (Phi) is 5.13. The number of hydrogen-bond acceptors (Lipinski definition) is 5. The molecule has 1 saturated heterocycles. The van der Waals surface area contributed by atoms with Gasteiger partial charge in [0.05, 0.1) is 0 Å². The first-order chi connectivity index (χ1) is 8.83. The van der Waals surface area contributed by atoms with Crippen molar-refractivity contribution in [2.24, 2.45) is 11.7 Å². The van der Waals surface area contributed by atoms with Crippen LogP contribution >= 0.6 is 0 Å². The average molecular weight is 253 g/mol. The van der Waals surface area contributed by atoms with Gasteiger partial charge in [0.15, 0.2) is 0 Å². The summed E-state index contributed by atoms with van der Waals surface area (Å²) in [7, 11) is 0. The zero-order valence-corrected chi connectivity index (χ0v) is 11.1. The second-order valence-electron chi connectivity index (χ2n) is 4.94. The third-order valence-electron chi connectivity index (χ3n) is 3.62. The topological polar surface area (TPSA) is 74.2 Å². The molecular formula is C13H23N3O2. The van der Waals surface area contributed by atoms with Crippen LogP contribution in [0.15, 0.2) is 4.52 Å². The quantitative estimate of drug-likeness (QED) is 0.806. The number of rotatable bonds is 7. The van der Waals surface area contributed by atoms with Gasteiger partial charge in [-0.15, -0.1) is 0 Å². The second kappa shape index (κ2) is 6.85. The lowest BCUT2D eigenvalue weighted by Gasteiger charge is -2.11. The lowest BCUT2D eigenvalue weighted by atomic mass is 9.97. The summed E-state index contributed by atoms with van der Waals surface area (Å²) in [5.41, 5.74) is 5.59. The maximum atomic E-state index is 5.59. The maximum Gasteiger partial charge on any atom is 0.226 e. The molecule has 1 aliphatic rings. The highest BCUT2D eigenvalue weighted by molar-refractivity contribution is 4.93. The number of nitrogens with two attached hydrogens (primary N) is 1. The zero-order chi connectivity index (χ0) is 12.8. The van der Waals surface area contributed by atoms with Gasteiger partial charge in [-0.2, -0.15) is 4.98 Å². The molecule has 2 heterocycles. The van der Waals surface area contributed by atoms with E-state index in [1.807, 2.05) is 0 Å². The van der Waals surface area contributed by atoms with Gasteiger partial charge in [0.1, 0.15) is 6.10 Å². The van der Waals surface area contributed by atoms with E-state index in [0.29, 0.717) is 5.92 Å². The molecule has 5 heteroatoms. The van der Waals surface area contributed by atoms with Crippen LogP contribution in [-0.4, -0.2) is 23.3 Å². The first kappa shape index (κ1) is 13.5. The molecule has 1 fully saturated rings. The normalized spacial score (nSPS) is 21.3. The first-order valence-corrected chi connectivity index (χ1v) is 6.97. The Morgan fingerprint density at radius 3 is 3.00 bits per heavy atom. The fraction of sp³-hybridized carbons (Fsp3) is 0.846. The molecule has 0 amide bonds. The minimum Gasteiger partial charge on any atom is -0.370 e. The minimum atomic E-state index is 0.0495. The predicted molar refractivity (Wildman–Crippen MR) is 68.0 cm³/mol. The van der Waals surface area contributed by atoms with E-state index in [0.717, 1.165) is 63.4 Å². The van der Waals surface area contributed by atoms with Crippen molar-refractivity contribution in [3.05, 3.63) is 11.7 Å². The molecule has 0 radical (unpaired) electrons. The van der Waals surface area contributed by atoms with Crippen LogP contribution < -0.4 is 5.73 Å². The monoisotopic (exact) mass is 253 g/mol. The van der Waals surface area contributed by atoms with Gasteiger partial charge >= 0.3 is 0 Å². The Hall–Kier alpha value is -0.940. The van der Waals surface area contributed by atoms with Gasteiger partial charge < -0.3 is 15.0 Å². The predicted octanol–water partition coefficient (Wildman–Crippen LogP) is 2.23. The van der Waals surface area contributed by atoms with Crippen molar-refractivity contribution in [1.82, 2.24) is 10.1 Å². The molecule has 18 heavy (non-hydrogen) atoms. The highest BCUT2D eigenvalue weighted by Crippen LogP contribution is 2.26. The van der Waals surface area contributed by atoms with E-state index in [4.69, 9.17) is 15.0 Å². The van der Waals surface area contributed by atoms with Crippen molar-refractivity contribution < 1.29 is 9.26 Å². The van der Waals surface area contributed by atoms with Gasteiger partial charge in [0.2, 0.25) is 11.7 Å². The molecule has 2 rings (SSSR count). The van der Waals surface area contributed by atoms with Gasteiger partial charge in [-0.05, 0) is 38.1 Å². The van der Waals surface area contributed by atoms with Crippen LogP contribution in [0.5, 0.6) is 0 Å². The van der Waals surface area contributed by atoms with E-state index in [-0.39, 0.29) is 6.10 Å². The molecule has 1 aromatic rings. The molecule has 0 spiro atoms. The first-order valence-electron chi connectivity index (χ1n) is 6.97. The van der Waals surface area contributed by atoms with E-state index in [2.05, 4.69) is 17.1 Å². The van der Waals surface area contributed by atoms with Gasteiger partial charge in [-0.25, -0.2) is 0 Å². The molecule has 0 bridgehead atoms.